The normalized spacial score (nSPS) is 16.9. The molecular weight excluding hydrogens is 358 g/mol. The summed E-state index contributed by atoms with van der Waals surface area (Å²) in [6.07, 6.45) is 1.71. The predicted molar refractivity (Wildman–Crippen MR) is 104 cm³/mol. The van der Waals surface area contributed by atoms with Crippen LogP contribution in [0.1, 0.15) is 45.2 Å². The first-order chi connectivity index (χ1) is 13.5. The molecule has 2 aromatic carbocycles. The van der Waals surface area contributed by atoms with Gasteiger partial charge in [-0.05, 0) is 42.7 Å². The number of carboxylic acids is 1. The van der Waals surface area contributed by atoms with Crippen LogP contribution in [-0.2, 0) is 0 Å². The van der Waals surface area contributed by atoms with Crippen molar-refractivity contribution in [2.45, 2.75) is 18.8 Å². The zero-order chi connectivity index (χ0) is 19.7. The molecule has 0 radical (unpaired) electrons. The van der Waals surface area contributed by atoms with Crippen LogP contribution in [0.15, 0.2) is 53.3 Å². The lowest BCUT2D eigenvalue weighted by atomic mass is 9.90. The second-order valence-electron chi connectivity index (χ2n) is 6.95. The number of carbonyl (C=O) groups is 2. The van der Waals surface area contributed by atoms with E-state index >= 15 is 0 Å². The largest absolute Gasteiger partial charge is 0.478 e. The van der Waals surface area contributed by atoms with Crippen molar-refractivity contribution in [3.63, 3.8) is 0 Å². The number of likely N-dealkylation sites (tertiary alicyclic amines) is 1. The summed E-state index contributed by atoms with van der Waals surface area (Å²) in [6, 6.07) is 13.8. The third kappa shape index (κ3) is 3.38. The molecule has 1 aliphatic heterocycles. The number of nitrogens with zero attached hydrogens (tertiary/aromatic N) is 2. The van der Waals surface area contributed by atoms with Crippen molar-refractivity contribution in [3.8, 4) is 0 Å². The third-order valence-electron chi connectivity index (χ3n) is 5.14. The highest BCUT2D eigenvalue weighted by Crippen LogP contribution is 2.27. The Morgan fingerprint density at radius 3 is 2.61 bits per heavy atom. The molecule has 0 aliphatic carbocycles. The minimum atomic E-state index is -0.964. The molecule has 0 saturated carbocycles. The number of carbonyl (C=O) groups excluding carboxylic acids is 1. The molecule has 0 bridgehead atoms. The summed E-state index contributed by atoms with van der Waals surface area (Å²) in [4.78, 5) is 45.0. The molecule has 7 heteroatoms. The first-order valence-corrected chi connectivity index (χ1v) is 9.14. The number of hydrogen-bond donors (Lipinski definition) is 2. The molecule has 1 unspecified atom stereocenters. The van der Waals surface area contributed by atoms with Crippen molar-refractivity contribution in [1.82, 2.24) is 14.9 Å². The molecule has 0 spiro atoms. The average molecular weight is 377 g/mol. The standard InChI is InChI=1S/C21H19N3O4/c25-19-18(22-16-5-1-2-6-17(16)23-19)20(26)24-11-3-4-15(12-24)13-7-9-14(10-8-13)21(27)28/h1-2,5-10,15H,3-4,11-12H2,(H,23,25)(H,27,28). The number of H-pyrrole nitrogens is 1. The quantitative estimate of drug-likeness (QED) is 0.730. The number of carboxylic acid groups (broad SMARTS) is 1. The van der Waals surface area contributed by atoms with E-state index < -0.39 is 11.5 Å². The number of para-hydroxylation sites is 2. The third-order valence-corrected chi connectivity index (χ3v) is 5.14. The predicted octanol–water partition coefficient (Wildman–Crippen LogP) is 2.64. The summed E-state index contributed by atoms with van der Waals surface area (Å²) in [5.41, 5.74) is 1.81. The van der Waals surface area contributed by atoms with Gasteiger partial charge in [0, 0.05) is 19.0 Å². The smallest absolute Gasteiger partial charge is 0.335 e. The van der Waals surface area contributed by atoms with E-state index in [0.29, 0.717) is 24.1 Å². The summed E-state index contributed by atoms with van der Waals surface area (Å²) in [7, 11) is 0. The number of piperidine rings is 1. The molecule has 142 valence electrons. The maximum Gasteiger partial charge on any atom is 0.335 e. The Morgan fingerprint density at radius 1 is 1.11 bits per heavy atom. The summed E-state index contributed by atoms with van der Waals surface area (Å²) >= 11 is 0. The van der Waals surface area contributed by atoms with Crippen LogP contribution < -0.4 is 5.56 Å². The lowest BCUT2D eigenvalue weighted by Gasteiger charge is -2.32. The minimum absolute atomic E-state index is 0.0967. The second-order valence-corrected chi connectivity index (χ2v) is 6.95. The van der Waals surface area contributed by atoms with Crippen molar-refractivity contribution in [1.29, 1.82) is 0 Å². The van der Waals surface area contributed by atoms with E-state index in [1.807, 2.05) is 0 Å². The number of fused-ring (bicyclic) bond motifs is 1. The summed E-state index contributed by atoms with van der Waals surface area (Å²) < 4.78 is 0. The maximum absolute atomic E-state index is 13.0. The van der Waals surface area contributed by atoms with Crippen LogP contribution in [0.5, 0.6) is 0 Å². The van der Waals surface area contributed by atoms with E-state index in [2.05, 4.69) is 9.97 Å². The van der Waals surface area contributed by atoms with Crippen LogP contribution in [0.2, 0.25) is 0 Å². The number of aromatic nitrogens is 2. The van der Waals surface area contributed by atoms with Crippen LogP contribution in [0, 0.1) is 0 Å². The summed E-state index contributed by atoms with van der Waals surface area (Å²) in [5.74, 6) is -1.24. The Bertz CT molecular complexity index is 1100. The average Bonchev–Trinajstić information content (AvgIpc) is 2.73. The molecule has 1 atom stereocenters. The van der Waals surface area contributed by atoms with Crippen molar-refractivity contribution in [3.05, 3.63) is 75.7 Å². The highest BCUT2D eigenvalue weighted by atomic mass is 16.4. The van der Waals surface area contributed by atoms with Gasteiger partial charge >= 0.3 is 5.97 Å². The summed E-state index contributed by atoms with van der Waals surface area (Å²) in [6.45, 7) is 1.04. The Hall–Kier alpha value is -3.48. The molecule has 1 saturated heterocycles. The van der Waals surface area contributed by atoms with Crippen LogP contribution in [-0.4, -0.2) is 44.9 Å². The fraction of sp³-hybridized carbons (Fsp3) is 0.238. The maximum atomic E-state index is 13.0. The van der Waals surface area contributed by atoms with Gasteiger partial charge in [-0.2, -0.15) is 0 Å². The number of hydrogen-bond acceptors (Lipinski definition) is 4. The SMILES string of the molecule is O=C(O)c1ccc(C2CCCN(C(=O)c3nc4ccccc4[nH]c3=O)C2)cc1. The molecule has 2 N–H and O–H groups in total. The van der Waals surface area contributed by atoms with Crippen molar-refractivity contribution < 1.29 is 14.7 Å². The van der Waals surface area contributed by atoms with Gasteiger partial charge in [-0.3, -0.25) is 9.59 Å². The van der Waals surface area contributed by atoms with Gasteiger partial charge in [0.25, 0.3) is 11.5 Å². The molecule has 4 rings (SSSR count). The molecule has 1 fully saturated rings. The number of benzene rings is 2. The van der Waals surface area contributed by atoms with Crippen LogP contribution in [0.3, 0.4) is 0 Å². The van der Waals surface area contributed by atoms with E-state index in [0.717, 1.165) is 18.4 Å². The van der Waals surface area contributed by atoms with Gasteiger partial charge in [-0.1, -0.05) is 24.3 Å². The van der Waals surface area contributed by atoms with Gasteiger partial charge in [0.05, 0.1) is 16.6 Å². The molecule has 2 heterocycles. The summed E-state index contributed by atoms with van der Waals surface area (Å²) in [5, 5.41) is 9.04. The van der Waals surface area contributed by atoms with Gasteiger partial charge in [-0.15, -0.1) is 0 Å². The minimum Gasteiger partial charge on any atom is -0.478 e. The first kappa shape index (κ1) is 17.9. The monoisotopic (exact) mass is 377 g/mol. The first-order valence-electron chi connectivity index (χ1n) is 9.14. The Kier molecular flexibility index (Phi) is 4.65. The molecule has 3 aromatic rings. The lowest BCUT2D eigenvalue weighted by molar-refractivity contribution is 0.0691. The molecule has 7 nitrogen and oxygen atoms in total. The fourth-order valence-electron chi connectivity index (χ4n) is 3.66. The van der Waals surface area contributed by atoms with Crippen molar-refractivity contribution in [2.75, 3.05) is 13.1 Å². The zero-order valence-electron chi connectivity index (χ0n) is 15.1. The van der Waals surface area contributed by atoms with Crippen LogP contribution >= 0.6 is 0 Å². The van der Waals surface area contributed by atoms with Crippen molar-refractivity contribution in [2.24, 2.45) is 0 Å². The Morgan fingerprint density at radius 2 is 1.86 bits per heavy atom. The molecule has 1 amide bonds. The Balaban J connectivity index is 1.57. The van der Waals surface area contributed by atoms with E-state index in [-0.39, 0.29) is 23.1 Å². The number of aromatic amines is 1. The van der Waals surface area contributed by atoms with Gasteiger partial charge in [0.15, 0.2) is 5.69 Å². The number of nitrogens with one attached hydrogen (secondary N) is 1. The highest BCUT2D eigenvalue weighted by molar-refractivity contribution is 5.93. The molecular formula is C21H19N3O4. The van der Waals surface area contributed by atoms with Crippen LogP contribution in [0.4, 0.5) is 0 Å². The number of rotatable bonds is 3. The molecule has 28 heavy (non-hydrogen) atoms. The lowest BCUT2D eigenvalue weighted by Crippen LogP contribution is -2.41. The highest BCUT2D eigenvalue weighted by Gasteiger charge is 2.28. The van der Waals surface area contributed by atoms with Gasteiger partial charge in [0.1, 0.15) is 0 Å². The number of amides is 1. The second kappa shape index (κ2) is 7.26. The van der Waals surface area contributed by atoms with Gasteiger partial charge < -0.3 is 15.0 Å². The van der Waals surface area contributed by atoms with Crippen molar-refractivity contribution >= 4 is 22.9 Å². The zero-order valence-corrected chi connectivity index (χ0v) is 15.1. The van der Waals surface area contributed by atoms with Gasteiger partial charge in [0.2, 0.25) is 0 Å². The fourth-order valence-corrected chi connectivity index (χ4v) is 3.66. The van der Waals surface area contributed by atoms with Crippen LogP contribution in [0.25, 0.3) is 11.0 Å². The van der Waals surface area contributed by atoms with E-state index in [1.165, 1.54) is 0 Å². The number of aromatic carboxylic acids is 1. The molecule has 1 aliphatic rings. The van der Waals surface area contributed by atoms with Gasteiger partial charge in [-0.25, -0.2) is 9.78 Å². The molecule has 1 aromatic heterocycles. The topological polar surface area (TPSA) is 103 Å². The van der Waals surface area contributed by atoms with E-state index in [4.69, 9.17) is 5.11 Å². The van der Waals surface area contributed by atoms with E-state index in [9.17, 15) is 14.4 Å². The Labute approximate surface area is 160 Å². The van der Waals surface area contributed by atoms with E-state index in [1.54, 1.807) is 53.4 Å².